The van der Waals surface area contributed by atoms with Crippen molar-refractivity contribution in [1.29, 1.82) is 0 Å². The van der Waals surface area contributed by atoms with E-state index < -0.39 is 37.3 Å². The van der Waals surface area contributed by atoms with E-state index >= 15 is 0 Å². The van der Waals surface area contributed by atoms with E-state index in [0.29, 0.717) is 5.75 Å². The van der Waals surface area contributed by atoms with E-state index in [1.807, 2.05) is 0 Å². The fraction of sp³-hybridized carbons (Fsp3) is 1.00. The number of aliphatic hydroxyl groups excluding tert-OH is 4. The van der Waals surface area contributed by atoms with Gasteiger partial charge in [-0.3, -0.25) is 0 Å². The van der Waals surface area contributed by atoms with Crippen molar-refractivity contribution in [2.75, 3.05) is 19.0 Å². The topological polar surface area (TPSA) is 99.4 Å². The summed E-state index contributed by atoms with van der Waals surface area (Å²) in [6.45, 7) is -0.211. The number of hydrogen-bond donors (Lipinski definition) is 5. The standard InChI is InChI=1S/C8H16O6S/c9-3-4-5(10)6(11)7(12)8(14-4)13-1-2-15/h4-12,15H,1-3H2/t4-,5+,6+,7-,8+/m1/s1. The van der Waals surface area contributed by atoms with Crippen LogP contribution in [0.3, 0.4) is 0 Å². The Morgan fingerprint density at radius 3 is 2.33 bits per heavy atom. The third-order valence-electron chi connectivity index (χ3n) is 2.22. The van der Waals surface area contributed by atoms with Crippen molar-refractivity contribution in [2.24, 2.45) is 0 Å². The first-order valence-electron chi connectivity index (χ1n) is 4.64. The second kappa shape index (κ2) is 6.00. The maximum absolute atomic E-state index is 9.48. The van der Waals surface area contributed by atoms with Gasteiger partial charge in [-0.2, -0.15) is 12.6 Å². The lowest BCUT2D eigenvalue weighted by atomic mass is 9.99. The second-order valence-corrected chi connectivity index (χ2v) is 3.74. The summed E-state index contributed by atoms with van der Waals surface area (Å²) >= 11 is 3.91. The molecule has 1 fully saturated rings. The molecule has 0 bridgehead atoms. The van der Waals surface area contributed by atoms with Crippen LogP contribution in [0.2, 0.25) is 0 Å². The smallest absolute Gasteiger partial charge is 0.186 e. The van der Waals surface area contributed by atoms with Crippen molar-refractivity contribution in [3.05, 3.63) is 0 Å². The van der Waals surface area contributed by atoms with Crippen LogP contribution in [-0.4, -0.2) is 70.1 Å². The van der Waals surface area contributed by atoms with Crippen LogP contribution >= 0.6 is 12.6 Å². The minimum absolute atomic E-state index is 0.242. The van der Waals surface area contributed by atoms with Gasteiger partial charge in [-0.05, 0) is 0 Å². The lowest BCUT2D eigenvalue weighted by molar-refractivity contribution is -0.299. The van der Waals surface area contributed by atoms with Crippen LogP contribution in [0.15, 0.2) is 0 Å². The zero-order valence-corrected chi connectivity index (χ0v) is 8.96. The van der Waals surface area contributed by atoms with Gasteiger partial charge in [-0.15, -0.1) is 0 Å². The van der Waals surface area contributed by atoms with Gasteiger partial charge in [0.1, 0.15) is 24.4 Å². The molecule has 1 aliphatic rings. The minimum Gasteiger partial charge on any atom is -0.394 e. The van der Waals surface area contributed by atoms with Crippen molar-refractivity contribution in [2.45, 2.75) is 30.7 Å². The van der Waals surface area contributed by atoms with Gasteiger partial charge in [-0.25, -0.2) is 0 Å². The third kappa shape index (κ3) is 3.04. The molecule has 0 aliphatic carbocycles. The van der Waals surface area contributed by atoms with Crippen LogP contribution < -0.4 is 0 Å². The Morgan fingerprint density at radius 1 is 1.13 bits per heavy atom. The molecule has 0 aromatic rings. The average Bonchev–Trinajstić information content (AvgIpc) is 2.25. The first-order valence-corrected chi connectivity index (χ1v) is 5.28. The van der Waals surface area contributed by atoms with Crippen LogP contribution in [0.4, 0.5) is 0 Å². The first-order chi connectivity index (χ1) is 7.11. The molecule has 0 aromatic carbocycles. The van der Waals surface area contributed by atoms with Crippen molar-refractivity contribution in [3.8, 4) is 0 Å². The first kappa shape index (κ1) is 13.2. The zero-order valence-electron chi connectivity index (χ0n) is 8.06. The number of ether oxygens (including phenoxy) is 2. The normalized spacial score (nSPS) is 41.8. The Morgan fingerprint density at radius 2 is 1.80 bits per heavy atom. The molecule has 7 heteroatoms. The summed E-state index contributed by atoms with van der Waals surface area (Å²) in [6.07, 6.45) is -6.04. The Hall–Kier alpha value is 0.110. The number of rotatable bonds is 4. The number of hydrogen-bond acceptors (Lipinski definition) is 7. The molecule has 90 valence electrons. The molecule has 0 unspecified atom stereocenters. The van der Waals surface area contributed by atoms with Gasteiger partial charge >= 0.3 is 0 Å². The molecule has 0 amide bonds. The predicted octanol–water partition coefficient (Wildman–Crippen LogP) is -2.27. The molecule has 0 spiro atoms. The van der Waals surface area contributed by atoms with Crippen LogP contribution in [-0.2, 0) is 9.47 Å². The Bertz CT molecular complexity index is 190. The summed E-state index contributed by atoms with van der Waals surface area (Å²) in [5.74, 6) is 0.440. The highest BCUT2D eigenvalue weighted by molar-refractivity contribution is 7.80. The molecule has 1 saturated heterocycles. The number of aliphatic hydroxyl groups is 4. The molecule has 15 heavy (non-hydrogen) atoms. The van der Waals surface area contributed by atoms with E-state index in [-0.39, 0.29) is 6.61 Å². The summed E-state index contributed by atoms with van der Waals surface area (Å²) in [5, 5.41) is 37.2. The van der Waals surface area contributed by atoms with Gasteiger partial charge in [-0.1, -0.05) is 0 Å². The average molecular weight is 240 g/mol. The van der Waals surface area contributed by atoms with E-state index in [1.54, 1.807) is 0 Å². The zero-order chi connectivity index (χ0) is 11.4. The van der Waals surface area contributed by atoms with Gasteiger partial charge < -0.3 is 29.9 Å². The summed E-state index contributed by atoms with van der Waals surface area (Å²) in [6, 6.07) is 0. The van der Waals surface area contributed by atoms with E-state index in [1.165, 1.54) is 0 Å². The molecule has 0 aromatic heterocycles. The molecule has 1 heterocycles. The molecule has 4 N–H and O–H groups in total. The molecular formula is C8H16O6S. The second-order valence-electron chi connectivity index (χ2n) is 3.29. The van der Waals surface area contributed by atoms with Crippen LogP contribution in [0.25, 0.3) is 0 Å². The lowest BCUT2D eigenvalue weighted by Crippen LogP contribution is -2.59. The van der Waals surface area contributed by atoms with Crippen LogP contribution in [0.5, 0.6) is 0 Å². The van der Waals surface area contributed by atoms with Gasteiger partial charge in [0, 0.05) is 5.75 Å². The van der Waals surface area contributed by atoms with Crippen molar-refractivity contribution in [3.63, 3.8) is 0 Å². The summed E-state index contributed by atoms with van der Waals surface area (Å²) in [4.78, 5) is 0. The van der Waals surface area contributed by atoms with Crippen LogP contribution in [0, 0.1) is 0 Å². The minimum atomic E-state index is -1.39. The summed E-state index contributed by atoms with van der Waals surface area (Å²) in [7, 11) is 0. The van der Waals surface area contributed by atoms with Crippen molar-refractivity contribution < 1.29 is 29.9 Å². The fourth-order valence-electron chi connectivity index (χ4n) is 1.37. The Balaban J connectivity index is 2.57. The SMILES string of the molecule is OC[C@H]1O[C@H](OCCS)[C@H](O)[C@@H](O)[C@H]1O. The van der Waals surface area contributed by atoms with Gasteiger partial charge in [0.25, 0.3) is 0 Å². The Labute approximate surface area is 92.8 Å². The van der Waals surface area contributed by atoms with E-state index in [9.17, 15) is 15.3 Å². The molecule has 6 nitrogen and oxygen atoms in total. The summed E-state index contributed by atoms with van der Waals surface area (Å²) in [5.41, 5.74) is 0. The highest BCUT2D eigenvalue weighted by Crippen LogP contribution is 2.21. The van der Waals surface area contributed by atoms with Crippen molar-refractivity contribution >= 4 is 12.6 Å². The molecule has 0 radical (unpaired) electrons. The largest absolute Gasteiger partial charge is 0.394 e. The number of thiol groups is 1. The maximum Gasteiger partial charge on any atom is 0.186 e. The molecular weight excluding hydrogens is 224 g/mol. The van der Waals surface area contributed by atoms with E-state index in [0.717, 1.165) is 0 Å². The van der Waals surface area contributed by atoms with Crippen molar-refractivity contribution in [1.82, 2.24) is 0 Å². The van der Waals surface area contributed by atoms with Gasteiger partial charge in [0.15, 0.2) is 6.29 Å². The highest BCUT2D eigenvalue weighted by Gasteiger charge is 2.43. The fourth-order valence-corrected chi connectivity index (χ4v) is 1.48. The molecule has 0 saturated carbocycles. The van der Waals surface area contributed by atoms with Crippen LogP contribution in [0.1, 0.15) is 0 Å². The monoisotopic (exact) mass is 240 g/mol. The summed E-state index contributed by atoms with van der Waals surface area (Å²) < 4.78 is 10.1. The highest BCUT2D eigenvalue weighted by atomic mass is 32.1. The quantitative estimate of drug-likeness (QED) is 0.355. The molecule has 1 aliphatic heterocycles. The van der Waals surface area contributed by atoms with E-state index in [2.05, 4.69) is 12.6 Å². The maximum atomic E-state index is 9.48. The lowest BCUT2D eigenvalue weighted by Gasteiger charge is -2.39. The Kier molecular flexibility index (Phi) is 5.27. The third-order valence-corrected chi connectivity index (χ3v) is 2.40. The van der Waals surface area contributed by atoms with E-state index in [4.69, 9.17) is 14.6 Å². The predicted molar refractivity (Wildman–Crippen MR) is 53.6 cm³/mol. The van der Waals surface area contributed by atoms with Gasteiger partial charge in [0.05, 0.1) is 13.2 Å². The molecule has 5 atom stereocenters. The molecule has 1 rings (SSSR count). The van der Waals surface area contributed by atoms with Gasteiger partial charge in [0.2, 0.25) is 0 Å².